The topological polar surface area (TPSA) is 61.8 Å². The number of halogens is 1. The number of hydrogen-bond donors (Lipinski definition) is 1. The van der Waals surface area contributed by atoms with E-state index in [0.29, 0.717) is 20.8 Å². The van der Waals surface area contributed by atoms with Crippen LogP contribution in [0.2, 0.25) is 5.02 Å². The van der Waals surface area contributed by atoms with Crippen LogP contribution in [0.1, 0.15) is 0 Å². The number of rotatable bonds is 2. The van der Waals surface area contributed by atoms with Gasteiger partial charge in [0.1, 0.15) is 0 Å². The Labute approximate surface area is 125 Å². The summed E-state index contributed by atoms with van der Waals surface area (Å²) in [5.41, 5.74) is 0.615. The molecule has 2 rings (SSSR count). The number of benzene rings is 1. The minimum atomic E-state index is -0.367. The van der Waals surface area contributed by atoms with Crippen molar-refractivity contribution in [2.45, 2.75) is 0 Å². The molecule has 0 bridgehead atoms. The molecule has 0 aromatic heterocycles. The Morgan fingerprint density at radius 3 is 2.60 bits per heavy atom. The molecule has 1 aromatic carbocycles. The van der Waals surface area contributed by atoms with E-state index in [1.165, 1.54) is 22.7 Å². The number of nitrogens with one attached hydrogen (secondary N) is 1. The fraction of sp³-hybridized carbons (Fsp3) is 0.154. The van der Waals surface area contributed by atoms with E-state index >= 15 is 0 Å². The van der Waals surface area contributed by atoms with Crippen LogP contribution in [0.5, 0.6) is 0 Å². The van der Waals surface area contributed by atoms with Gasteiger partial charge in [-0.2, -0.15) is 0 Å². The third kappa shape index (κ3) is 3.20. The molecular weight excluding hydrogens is 298 g/mol. The molecule has 0 unspecified atom stereocenters. The maximum atomic E-state index is 11.9. The normalized spacial score (nSPS) is 18.9. The Kier molecular flexibility index (Phi) is 4.46. The third-order valence-electron chi connectivity index (χ3n) is 2.57. The zero-order chi connectivity index (χ0) is 14.7. The van der Waals surface area contributed by atoms with Crippen molar-refractivity contribution in [1.29, 1.82) is 0 Å². The molecular formula is C13H12ClN3O2S. The molecule has 1 fully saturated rings. The van der Waals surface area contributed by atoms with Crippen LogP contribution in [0.3, 0.4) is 0 Å². The number of likely N-dealkylation sites (N-methyl/N-ethyl adjacent to an activating group) is 1. The molecule has 104 valence electrons. The molecule has 7 heteroatoms. The second-order valence-corrected chi connectivity index (χ2v) is 5.42. The van der Waals surface area contributed by atoms with Crippen molar-refractivity contribution in [3.8, 4) is 0 Å². The van der Waals surface area contributed by atoms with Crippen molar-refractivity contribution in [3.05, 3.63) is 40.3 Å². The molecule has 1 saturated heterocycles. The average molecular weight is 310 g/mol. The van der Waals surface area contributed by atoms with Crippen molar-refractivity contribution in [1.82, 2.24) is 4.90 Å². The van der Waals surface area contributed by atoms with Crippen molar-refractivity contribution < 1.29 is 9.59 Å². The standard InChI is InChI=1S/C13H12ClN3O2S/c1-15-13-17(2)12(19)10(20-13)7-11(18)16-9-5-3-8(14)4-6-9/h3-7H,1-2H3,(H,16,18)/b10-7+,15-13?. The zero-order valence-electron chi connectivity index (χ0n) is 10.9. The number of amidine groups is 1. The third-order valence-corrected chi connectivity index (χ3v) is 3.97. The van der Waals surface area contributed by atoms with E-state index in [-0.39, 0.29) is 11.8 Å². The monoisotopic (exact) mass is 309 g/mol. The minimum Gasteiger partial charge on any atom is -0.322 e. The molecule has 1 aromatic rings. The molecule has 0 spiro atoms. The number of aliphatic imine (C=N–C) groups is 1. The summed E-state index contributed by atoms with van der Waals surface area (Å²) in [4.78, 5) is 29.4. The van der Waals surface area contributed by atoms with Gasteiger partial charge in [-0.3, -0.25) is 19.5 Å². The number of hydrogen-bond acceptors (Lipinski definition) is 4. The van der Waals surface area contributed by atoms with Gasteiger partial charge >= 0.3 is 0 Å². The molecule has 2 amide bonds. The summed E-state index contributed by atoms with van der Waals surface area (Å²) in [6.45, 7) is 0. The van der Waals surface area contributed by atoms with E-state index < -0.39 is 0 Å². The summed E-state index contributed by atoms with van der Waals surface area (Å²) in [7, 11) is 3.22. The highest BCUT2D eigenvalue weighted by Crippen LogP contribution is 2.29. The lowest BCUT2D eigenvalue weighted by Gasteiger charge is -2.05. The Balaban J connectivity index is 2.09. The number of nitrogens with zero attached hydrogens (tertiary/aromatic N) is 2. The summed E-state index contributed by atoms with van der Waals surface area (Å²) >= 11 is 6.94. The second-order valence-electron chi connectivity index (χ2n) is 3.98. The van der Waals surface area contributed by atoms with Gasteiger partial charge in [0, 0.05) is 30.9 Å². The number of thioether (sulfide) groups is 1. The Bertz CT molecular complexity index is 611. The summed E-state index contributed by atoms with van der Waals surface area (Å²) in [5.74, 6) is -0.601. The first kappa shape index (κ1) is 14.6. The molecule has 5 nitrogen and oxygen atoms in total. The number of anilines is 1. The van der Waals surface area contributed by atoms with Gasteiger partial charge in [0.25, 0.3) is 5.91 Å². The second kappa shape index (κ2) is 6.11. The quantitative estimate of drug-likeness (QED) is 0.853. The lowest BCUT2D eigenvalue weighted by molar-refractivity contribution is -0.121. The fourth-order valence-corrected chi connectivity index (χ4v) is 2.60. The van der Waals surface area contributed by atoms with E-state index in [1.807, 2.05) is 0 Å². The van der Waals surface area contributed by atoms with Crippen LogP contribution in [0.15, 0.2) is 40.2 Å². The van der Waals surface area contributed by atoms with Gasteiger partial charge in [-0.1, -0.05) is 11.6 Å². The van der Waals surface area contributed by atoms with Crippen molar-refractivity contribution >= 4 is 46.0 Å². The van der Waals surface area contributed by atoms with Crippen LogP contribution in [-0.4, -0.2) is 36.0 Å². The molecule has 1 aliphatic heterocycles. The lowest BCUT2D eigenvalue weighted by Crippen LogP contribution is -2.24. The van der Waals surface area contributed by atoms with E-state index in [0.717, 1.165) is 0 Å². The molecule has 20 heavy (non-hydrogen) atoms. The summed E-state index contributed by atoms with van der Waals surface area (Å²) in [5, 5.41) is 3.83. The van der Waals surface area contributed by atoms with Crippen molar-refractivity contribution in [2.75, 3.05) is 19.4 Å². The van der Waals surface area contributed by atoms with Crippen LogP contribution in [0, 0.1) is 0 Å². The predicted octanol–water partition coefficient (Wildman–Crippen LogP) is 2.35. The highest BCUT2D eigenvalue weighted by molar-refractivity contribution is 8.18. The van der Waals surface area contributed by atoms with Gasteiger partial charge in [-0.15, -0.1) is 0 Å². The number of carbonyl (C=O) groups is 2. The van der Waals surface area contributed by atoms with E-state index in [9.17, 15) is 9.59 Å². The van der Waals surface area contributed by atoms with Crippen LogP contribution < -0.4 is 5.32 Å². The number of amides is 2. The zero-order valence-corrected chi connectivity index (χ0v) is 12.5. The molecule has 0 atom stereocenters. The molecule has 0 radical (unpaired) electrons. The van der Waals surface area contributed by atoms with Gasteiger partial charge in [-0.05, 0) is 36.0 Å². The first-order valence-electron chi connectivity index (χ1n) is 5.72. The van der Waals surface area contributed by atoms with E-state index in [2.05, 4.69) is 10.3 Å². The van der Waals surface area contributed by atoms with Crippen LogP contribution in [-0.2, 0) is 9.59 Å². The first-order valence-corrected chi connectivity index (χ1v) is 6.91. The van der Waals surface area contributed by atoms with Crippen LogP contribution in [0.4, 0.5) is 5.69 Å². The highest BCUT2D eigenvalue weighted by atomic mass is 35.5. The van der Waals surface area contributed by atoms with Gasteiger partial charge in [0.15, 0.2) is 5.17 Å². The largest absolute Gasteiger partial charge is 0.322 e. The Morgan fingerprint density at radius 1 is 1.40 bits per heavy atom. The van der Waals surface area contributed by atoms with Gasteiger partial charge < -0.3 is 5.32 Å². The molecule has 1 heterocycles. The fourth-order valence-electron chi connectivity index (χ4n) is 1.58. The highest BCUT2D eigenvalue weighted by Gasteiger charge is 2.30. The summed E-state index contributed by atoms with van der Waals surface area (Å²) in [6, 6.07) is 6.73. The molecule has 1 N–H and O–H groups in total. The maximum absolute atomic E-state index is 11.9. The lowest BCUT2D eigenvalue weighted by atomic mass is 10.3. The van der Waals surface area contributed by atoms with Crippen LogP contribution >= 0.6 is 23.4 Å². The van der Waals surface area contributed by atoms with Crippen molar-refractivity contribution in [2.24, 2.45) is 4.99 Å². The summed E-state index contributed by atoms with van der Waals surface area (Å²) in [6.07, 6.45) is 1.27. The average Bonchev–Trinajstić information content (AvgIpc) is 2.69. The molecule has 0 saturated carbocycles. The van der Waals surface area contributed by atoms with E-state index in [1.54, 1.807) is 38.4 Å². The first-order chi connectivity index (χ1) is 9.51. The van der Waals surface area contributed by atoms with Gasteiger partial charge in [0.05, 0.1) is 4.91 Å². The Hall–Kier alpha value is -1.79. The van der Waals surface area contributed by atoms with Gasteiger partial charge in [-0.25, -0.2) is 0 Å². The van der Waals surface area contributed by atoms with E-state index in [4.69, 9.17) is 11.6 Å². The molecule has 1 aliphatic rings. The smallest absolute Gasteiger partial charge is 0.266 e. The summed E-state index contributed by atoms with van der Waals surface area (Å²) < 4.78 is 0. The van der Waals surface area contributed by atoms with Gasteiger partial charge in [0.2, 0.25) is 5.91 Å². The predicted molar refractivity (Wildman–Crippen MR) is 81.9 cm³/mol. The van der Waals surface area contributed by atoms with Crippen molar-refractivity contribution in [3.63, 3.8) is 0 Å². The Morgan fingerprint density at radius 2 is 2.05 bits per heavy atom. The molecule has 0 aliphatic carbocycles. The maximum Gasteiger partial charge on any atom is 0.266 e. The SMILES string of the molecule is CN=C1S/C(=C/C(=O)Nc2ccc(Cl)cc2)C(=O)N1C. The minimum absolute atomic E-state index is 0.234. The van der Waals surface area contributed by atoms with Crippen LogP contribution in [0.25, 0.3) is 0 Å². The number of carbonyl (C=O) groups excluding carboxylic acids is 2.